The fourth-order valence-electron chi connectivity index (χ4n) is 6.35. The van der Waals surface area contributed by atoms with Crippen LogP contribution in [0.4, 0.5) is 10.7 Å². The van der Waals surface area contributed by atoms with E-state index in [1.54, 1.807) is 12.4 Å². The molecule has 6 heterocycles. The number of hydrogen-bond donors (Lipinski definition) is 2. The number of halogens is 1. The second-order valence-corrected chi connectivity index (χ2v) is 11.9. The van der Waals surface area contributed by atoms with Gasteiger partial charge in [-0.2, -0.15) is 4.98 Å². The predicted molar refractivity (Wildman–Crippen MR) is 151 cm³/mol. The number of aromatic nitrogens is 6. The molecule has 0 bridgehead atoms. The molecule has 1 saturated carbocycles. The zero-order valence-electron chi connectivity index (χ0n) is 23.0. The molecule has 3 aliphatic rings. The van der Waals surface area contributed by atoms with Crippen LogP contribution in [0.3, 0.4) is 0 Å². The predicted octanol–water partition coefficient (Wildman–Crippen LogP) is 5.25. The summed E-state index contributed by atoms with van der Waals surface area (Å²) in [6.45, 7) is 5.81. The van der Waals surface area contributed by atoms with E-state index in [4.69, 9.17) is 30.9 Å². The van der Waals surface area contributed by atoms with E-state index in [2.05, 4.69) is 42.3 Å². The number of imidazole rings is 1. The molecule has 13 heteroatoms. The Morgan fingerprint density at radius 1 is 1.10 bits per heavy atom. The van der Waals surface area contributed by atoms with Crippen LogP contribution in [0.2, 0.25) is 5.02 Å². The monoisotopic (exact) mass is 577 g/mol. The minimum atomic E-state index is -0.618. The molecule has 41 heavy (non-hydrogen) atoms. The van der Waals surface area contributed by atoms with Crippen molar-refractivity contribution in [2.45, 2.75) is 71.1 Å². The van der Waals surface area contributed by atoms with Crippen LogP contribution in [-0.2, 0) is 11.4 Å². The minimum Gasteiger partial charge on any atom is -0.351 e. The summed E-state index contributed by atoms with van der Waals surface area (Å²) < 4.78 is 7.96. The normalized spacial score (nSPS) is 24.7. The van der Waals surface area contributed by atoms with E-state index < -0.39 is 12.3 Å². The van der Waals surface area contributed by atoms with Crippen molar-refractivity contribution in [3.05, 3.63) is 47.0 Å². The third kappa shape index (κ3) is 4.99. The van der Waals surface area contributed by atoms with Gasteiger partial charge < -0.3 is 18.8 Å². The van der Waals surface area contributed by atoms with E-state index in [9.17, 15) is 4.79 Å². The third-order valence-corrected chi connectivity index (χ3v) is 8.65. The number of hydrogen-bond acceptors (Lipinski definition) is 10. The Labute approximate surface area is 241 Å². The first-order valence-corrected chi connectivity index (χ1v) is 14.6. The lowest BCUT2D eigenvalue weighted by atomic mass is 9.83. The summed E-state index contributed by atoms with van der Waals surface area (Å²) in [5.74, 6) is 3.35. The number of nitrogens with zero attached hydrogens (tertiary/aromatic N) is 7. The average Bonchev–Trinajstić information content (AvgIpc) is 3.76. The molecule has 2 saturated heterocycles. The minimum absolute atomic E-state index is 0.0638. The molecular formula is C28H32ClN9O3. The molecule has 1 aliphatic carbocycles. The maximum absolute atomic E-state index is 11.8. The molecule has 3 fully saturated rings. The zero-order valence-corrected chi connectivity index (χ0v) is 23.8. The number of carbonyl (C=O) groups excluding carboxylic acids is 1. The fraction of sp³-hybridized carbons (Fsp3) is 0.500. The largest absolute Gasteiger partial charge is 0.427 e. The van der Waals surface area contributed by atoms with Crippen LogP contribution in [0.1, 0.15) is 75.1 Å². The number of carbonyl (C=O) groups is 1. The number of nitrogens with one attached hydrogen (secondary N) is 2. The van der Waals surface area contributed by atoms with Gasteiger partial charge in [-0.05, 0) is 56.6 Å². The molecule has 0 aromatic carbocycles. The van der Waals surface area contributed by atoms with Crippen molar-refractivity contribution < 1.29 is 14.2 Å². The maximum Gasteiger partial charge on any atom is 0.427 e. The highest BCUT2D eigenvalue weighted by Crippen LogP contribution is 2.41. The van der Waals surface area contributed by atoms with Crippen molar-refractivity contribution in [2.24, 2.45) is 11.8 Å². The summed E-state index contributed by atoms with van der Waals surface area (Å²) in [7, 11) is 0. The number of pyridine rings is 2. The smallest absolute Gasteiger partial charge is 0.351 e. The number of amides is 1. The van der Waals surface area contributed by atoms with Gasteiger partial charge in [0.1, 0.15) is 6.04 Å². The molecule has 2 N–H and O–H groups in total. The van der Waals surface area contributed by atoms with E-state index in [0.717, 1.165) is 54.4 Å². The number of anilines is 1. The van der Waals surface area contributed by atoms with Gasteiger partial charge in [-0.3, -0.25) is 10.3 Å². The summed E-state index contributed by atoms with van der Waals surface area (Å²) in [6, 6.07) is 3.70. The van der Waals surface area contributed by atoms with E-state index in [1.165, 1.54) is 25.7 Å². The second-order valence-electron chi connectivity index (χ2n) is 11.4. The molecule has 2 unspecified atom stereocenters. The van der Waals surface area contributed by atoms with Crippen molar-refractivity contribution >= 4 is 34.7 Å². The lowest BCUT2D eigenvalue weighted by Crippen LogP contribution is -2.28. The number of hydroxylamine groups is 1. The molecular weight excluding hydrogens is 546 g/mol. The highest BCUT2D eigenvalue weighted by molar-refractivity contribution is 6.30. The summed E-state index contributed by atoms with van der Waals surface area (Å²) in [4.78, 5) is 38.3. The van der Waals surface area contributed by atoms with Gasteiger partial charge in [0.15, 0.2) is 12.0 Å². The van der Waals surface area contributed by atoms with Crippen LogP contribution in [0.25, 0.3) is 22.3 Å². The van der Waals surface area contributed by atoms with Gasteiger partial charge in [0, 0.05) is 31.0 Å². The van der Waals surface area contributed by atoms with Crippen LogP contribution < -0.4 is 15.7 Å². The molecule has 214 valence electrons. The third-order valence-electron chi connectivity index (χ3n) is 8.44. The van der Waals surface area contributed by atoms with Gasteiger partial charge >= 0.3 is 6.09 Å². The van der Waals surface area contributed by atoms with Crippen LogP contribution in [0.5, 0.6) is 0 Å². The van der Waals surface area contributed by atoms with Gasteiger partial charge in [-0.1, -0.05) is 36.5 Å². The first kappa shape index (κ1) is 26.1. The van der Waals surface area contributed by atoms with Gasteiger partial charge in [0.2, 0.25) is 11.8 Å². The van der Waals surface area contributed by atoms with Crippen LogP contribution in [-0.4, -0.2) is 42.3 Å². The molecule has 0 radical (unpaired) electrons. The highest BCUT2D eigenvalue weighted by Gasteiger charge is 2.36. The van der Waals surface area contributed by atoms with Crippen molar-refractivity contribution in [2.75, 3.05) is 11.4 Å². The Morgan fingerprint density at radius 2 is 1.95 bits per heavy atom. The van der Waals surface area contributed by atoms with Crippen LogP contribution in [0.15, 0.2) is 29.0 Å². The molecule has 4 aromatic heterocycles. The van der Waals surface area contributed by atoms with Crippen molar-refractivity contribution in [3.8, 4) is 11.3 Å². The average molecular weight is 578 g/mol. The van der Waals surface area contributed by atoms with E-state index in [1.807, 2.05) is 19.1 Å². The Hall–Kier alpha value is -3.77. The van der Waals surface area contributed by atoms with E-state index in [0.29, 0.717) is 34.0 Å². The molecule has 4 aromatic rings. The molecule has 2 atom stereocenters. The number of aryl methyl sites for hydroxylation is 1. The summed E-state index contributed by atoms with van der Waals surface area (Å²) in [6.07, 6.45) is 8.85. The maximum atomic E-state index is 11.8. The van der Waals surface area contributed by atoms with Gasteiger partial charge in [0.05, 0.1) is 27.4 Å². The number of rotatable bonds is 6. The summed E-state index contributed by atoms with van der Waals surface area (Å²) >= 11 is 6.41. The highest BCUT2D eigenvalue weighted by atomic mass is 35.5. The topological polar surface area (TPSA) is 136 Å². The van der Waals surface area contributed by atoms with Crippen molar-refractivity contribution in [1.82, 2.24) is 40.5 Å². The van der Waals surface area contributed by atoms with Gasteiger partial charge in [-0.25, -0.2) is 14.8 Å². The van der Waals surface area contributed by atoms with Gasteiger partial charge in [-0.15, -0.1) is 5.48 Å². The molecule has 0 spiro atoms. The van der Waals surface area contributed by atoms with Crippen LogP contribution >= 0.6 is 11.6 Å². The Morgan fingerprint density at radius 3 is 2.68 bits per heavy atom. The van der Waals surface area contributed by atoms with Crippen molar-refractivity contribution in [3.63, 3.8) is 0 Å². The Balaban J connectivity index is 1.41. The van der Waals surface area contributed by atoms with Crippen molar-refractivity contribution in [1.29, 1.82) is 0 Å². The summed E-state index contributed by atoms with van der Waals surface area (Å²) in [5, 5.41) is 7.32. The lowest BCUT2D eigenvalue weighted by molar-refractivity contribution is 0.121. The quantitative estimate of drug-likeness (QED) is 0.312. The molecule has 12 nitrogen and oxygen atoms in total. The Bertz CT molecular complexity index is 1600. The standard InChI is InChI=1S/C28H32ClN9O3/c1-15-5-7-17(8-6-15)14-38-24-20(33-27(38)37-9-3-4-22(37)26-31-16(2)35-40-26)11-21(25-34-28(39)41-36-25)32-23(24)18-10-19(29)13-30-12-18/h10-13,15,17,22,25,36H,3-9,14H2,1-2H3,(H,34,39). The first-order valence-electron chi connectivity index (χ1n) is 14.2. The SMILES string of the molecule is Cc1noc(C2CCCN2c2nc3cc(C4NOC(=O)N4)nc(-c4cncc(Cl)c4)c3n2CC2CCC(C)CC2)n1. The molecule has 7 rings (SSSR count). The Kier molecular flexibility index (Phi) is 6.74. The zero-order chi connectivity index (χ0) is 28.1. The molecule has 2 aliphatic heterocycles. The summed E-state index contributed by atoms with van der Waals surface area (Å²) in [5.41, 5.74) is 6.43. The van der Waals surface area contributed by atoms with E-state index >= 15 is 0 Å². The number of fused-ring (bicyclic) bond motifs is 1. The first-order chi connectivity index (χ1) is 19.9. The second kappa shape index (κ2) is 10.6. The van der Waals surface area contributed by atoms with Gasteiger partial charge in [0.25, 0.3) is 0 Å². The van der Waals surface area contributed by atoms with E-state index in [-0.39, 0.29) is 6.04 Å². The molecule has 1 amide bonds. The fourth-order valence-corrected chi connectivity index (χ4v) is 6.52. The van der Waals surface area contributed by atoms with Crippen LogP contribution in [0, 0.1) is 18.8 Å². The lowest BCUT2D eigenvalue weighted by Gasteiger charge is -2.29.